The summed E-state index contributed by atoms with van der Waals surface area (Å²) in [5, 5.41) is 14.0. The van der Waals surface area contributed by atoms with Gasteiger partial charge in [-0.15, -0.1) is 5.10 Å². The minimum absolute atomic E-state index is 0.0880. The van der Waals surface area contributed by atoms with Crippen molar-refractivity contribution < 1.29 is 22.4 Å². The fourth-order valence-corrected chi connectivity index (χ4v) is 4.08. The van der Waals surface area contributed by atoms with Crippen LogP contribution < -0.4 is 15.4 Å². The molecule has 35 heavy (non-hydrogen) atoms. The summed E-state index contributed by atoms with van der Waals surface area (Å²) in [5.41, 5.74) is 10.4. The molecular formula is C23H28F2N8O2. The highest BCUT2D eigenvalue weighted by molar-refractivity contribution is 5.87. The largest absolute Gasteiger partial charge is 0.479 e. The molecular weight excluding hydrogens is 458 g/mol. The van der Waals surface area contributed by atoms with Crippen LogP contribution in [0, 0.1) is 5.53 Å². The van der Waals surface area contributed by atoms with E-state index in [1.165, 1.54) is 7.11 Å². The second-order valence-electron chi connectivity index (χ2n) is 8.09. The van der Waals surface area contributed by atoms with Gasteiger partial charge >= 0.3 is 0 Å². The van der Waals surface area contributed by atoms with Gasteiger partial charge in [0.1, 0.15) is 17.4 Å². The first kappa shape index (κ1) is 20.5. The maximum absolute atomic E-state index is 14.9. The second kappa shape index (κ2) is 10.6. The van der Waals surface area contributed by atoms with Crippen molar-refractivity contribution in [3.63, 3.8) is 0 Å². The predicted molar refractivity (Wildman–Crippen MR) is 128 cm³/mol. The molecule has 0 saturated carbocycles. The number of anilines is 2. The van der Waals surface area contributed by atoms with Crippen molar-refractivity contribution in [3.05, 3.63) is 30.5 Å². The first-order valence-corrected chi connectivity index (χ1v) is 11.1. The molecule has 12 heteroatoms. The molecule has 2 aromatic heterocycles. The van der Waals surface area contributed by atoms with E-state index in [2.05, 4.69) is 25.8 Å². The van der Waals surface area contributed by atoms with Gasteiger partial charge in [-0.2, -0.15) is 10.1 Å². The molecule has 1 saturated heterocycles. The normalized spacial score (nSPS) is 19.5. The highest BCUT2D eigenvalue weighted by Crippen LogP contribution is 2.36. The first-order valence-electron chi connectivity index (χ1n) is 12.6. The standard InChI is InChI=1S/C23H28F2N8O2/c1-14(34)32-10-7-18(17(25)13-32)28-23-29-22(35-2)21-16(6-11-33(21)31-23)15-4-5-19(30-26)20(12-15)27-9-3-8-24/h4-6,11-12,17-18,26-27H,3,7-10,13H2,1-2H3,(H,28,31)/t17-,18+/m1/s1/i1D3. The highest BCUT2D eigenvalue weighted by atomic mass is 19.1. The van der Waals surface area contributed by atoms with Crippen LogP contribution in [-0.4, -0.2) is 71.0 Å². The molecule has 1 fully saturated rings. The van der Waals surface area contributed by atoms with Crippen LogP contribution in [-0.2, 0) is 4.79 Å². The number of halogens is 2. The molecule has 1 aliphatic rings. The number of hydrogen-bond donors (Lipinski definition) is 3. The van der Waals surface area contributed by atoms with E-state index in [-0.39, 0.29) is 31.3 Å². The number of amides is 1. The maximum atomic E-state index is 14.9. The lowest BCUT2D eigenvalue weighted by molar-refractivity contribution is -0.131. The number of hydrogen-bond acceptors (Lipinski definition) is 8. The van der Waals surface area contributed by atoms with Gasteiger partial charge in [-0.1, -0.05) is 6.07 Å². The van der Waals surface area contributed by atoms with Crippen molar-refractivity contribution in [1.82, 2.24) is 19.5 Å². The van der Waals surface area contributed by atoms with Crippen molar-refractivity contribution in [2.75, 3.05) is 44.1 Å². The van der Waals surface area contributed by atoms with Gasteiger partial charge in [0.05, 0.1) is 32.1 Å². The number of methoxy groups -OCH3 is 1. The molecule has 0 bridgehead atoms. The monoisotopic (exact) mass is 489 g/mol. The van der Waals surface area contributed by atoms with Gasteiger partial charge in [0.25, 0.3) is 0 Å². The number of carbonyl (C=O) groups is 1. The third-order valence-corrected chi connectivity index (χ3v) is 5.87. The number of piperidine rings is 1. The molecule has 3 aromatic rings. The smallest absolute Gasteiger partial charge is 0.244 e. The van der Waals surface area contributed by atoms with E-state index >= 15 is 0 Å². The van der Waals surface area contributed by atoms with Crippen LogP contribution in [0.1, 0.15) is 23.8 Å². The second-order valence-corrected chi connectivity index (χ2v) is 8.09. The van der Waals surface area contributed by atoms with Crippen molar-refractivity contribution in [3.8, 4) is 17.0 Å². The quantitative estimate of drug-likeness (QED) is 0.306. The van der Waals surface area contributed by atoms with E-state index in [9.17, 15) is 13.6 Å². The minimum Gasteiger partial charge on any atom is -0.479 e. The zero-order chi connectivity index (χ0) is 27.4. The number of carbonyl (C=O) groups excluding carboxylic acids is 1. The molecule has 2 atom stereocenters. The van der Waals surface area contributed by atoms with Gasteiger partial charge < -0.3 is 20.3 Å². The molecule has 0 aliphatic carbocycles. The Bertz CT molecular complexity index is 1320. The highest BCUT2D eigenvalue weighted by Gasteiger charge is 2.31. The van der Waals surface area contributed by atoms with Crippen molar-refractivity contribution in [2.24, 2.45) is 5.11 Å². The first-order chi connectivity index (χ1) is 18.2. The van der Waals surface area contributed by atoms with E-state index in [0.29, 0.717) is 29.9 Å². The Balaban J connectivity index is 1.58. The Kier molecular flexibility index (Phi) is 6.23. The molecule has 1 aliphatic heterocycles. The van der Waals surface area contributed by atoms with Crippen LogP contribution in [0.2, 0.25) is 0 Å². The number of likely N-dealkylation sites (tertiary alicyclic amines) is 1. The lowest BCUT2D eigenvalue weighted by atomic mass is 10.0. The Morgan fingerprint density at radius 3 is 3.00 bits per heavy atom. The zero-order valence-corrected chi connectivity index (χ0v) is 19.1. The SMILES string of the molecule is [2H]C([2H])([2H])C(=O)N1CC[C@H](Nc2nc(OC)c3c(-c4ccc(N=N)c(NCCCF)c4)ccn3n2)[C@H](F)C1. The van der Waals surface area contributed by atoms with Gasteiger partial charge in [-0.05, 0) is 36.6 Å². The summed E-state index contributed by atoms with van der Waals surface area (Å²) >= 11 is 0. The molecule has 3 heterocycles. The Morgan fingerprint density at radius 1 is 1.43 bits per heavy atom. The van der Waals surface area contributed by atoms with E-state index in [0.717, 1.165) is 16.0 Å². The van der Waals surface area contributed by atoms with Gasteiger partial charge in [0.2, 0.25) is 17.7 Å². The van der Waals surface area contributed by atoms with Gasteiger partial charge in [-0.25, -0.2) is 14.4 Å². The van der Waals surface area contributed by atoms with Crippen LogP contribution in [0.4, 0.5) is 26.1 Å². The summed E-state index contributed by atoms with van der Waals surface area (Å²) in [4.78, 5) is 17.4. The molecule has 0 radical (unpaired) electrons. The summed E-state index contributed by atoms with van der Waals surface area (Å²) in [6.45, 7) is -3.14. The fraction of sp³-hybridized carbons (Fsp3) is 0.435. The predicted octanol–water partition coefficient (Wildman–Crippen LogP) is 4.21. The van der Waals surface area contributed by atoms with Crippen molar-refractivity contribution >= 4 is 28.7 Å². The van der Waals surface area contributed by atoms with Crippen LogP contribution in [0.15, 0.2) is 35.6 Å². The number of alkyl halides is 2. The van der Waals surface area contributed by atoms with Gasteiger partial charge in [0.15, 0.2) is 0 Å². The molecule has 0 unspecified atom stereocenters. The summed E-state index contributed by atoms with van der Waals surface area (Å²) in [6.07, 6.45) is 0.673. The van der Waals surface area contributed by atoms with Crippen LogP contribution >= 0.6 is 0 Å². The number of benzene rings is 1. The van der Waals surface area contributed by atoms with Crippen LogP contribution in [0.5, 0.6) is 5.88 Å². The Labute approximate surface area is 205 Å². The molecule has 1 amide bonds. The number of aromatic nitrogens is 3. The third-order valence-electron chi connectivity index (χ3n) is 5.87. The van der Waals surface area contributed by atoms with Crippen LogP contribution in [0.25, 0.3) is 16.6 Å². The molecule has 4 rings (SSSR count). The fourth-order valence-electron chi connectivity index (χ4n) is 4.08. The van der Waals surface area contributed by atoms with E-state index < -0.39 is 31.6 Å². The number of fused-ring (bicyclic) bond motifs is 1. The number of rotatable bonds is 9. The number of nitrogens with zero attached hydrogens (tertiary/aromatic N) is 5. The van der Waals surface area contributed by atoms with E-state index in [1.807, 2.05) is 6.07 Å². The van der Waals surface area contributed by atoms with Crippen molar-refractivity contribution in [2.45, 2.75) is 31.9 Å². The topological polar surface area (TPSA) is 120 Å². The summed E-state index contributed by atoms with van der Waals surface area (Å²) < 4.78 is 56.3. The lowest BCUT2D eigenvalue weighted by Gasteiger charge is -2.34. The minimum atomic E-state index is -2.81. The zero-order valence-electron chi connectivity index (χ0n) is 22.1. The average Bonchev–Trinajstić information content (AvgIpc) is 3.32. The van der Waals surface area contributed by atoms with Gasteiger partial charge in [-0.3, -0.25) is 9.18 Å². The summed E-state index contributed by atoms with van der Waals surface area (Å²) in [6, 6.07) is 6.35. The molecule has 186 valence electrons. The summed E-state index contributed by atoms with van der Waals surface area (Å²) in [7, 11) is 1.45. The third kappa shape index (κ3) is 5.15. The van der Waals surface area contributed by atoms with E-state index in [1.54, 1.807) is 28.9 Å². The maximum Gasteiger partial charge on any atom is 0.244 e. The van der Waals surface area contributed by atoms with Crippen molar-refractivity contribution in [1.29, 1.82) is 5.53 Å². The van der Waals surface area contributed by atoms with Gasteiger partial charge in [0, 0.05) is 35.8 Å². The van der Waals surface area contributed by atoms with E-state index in [4.69, 9.17) is 14.4 Å². The van der Waals surface area contributed by atoms with Crippen LogP contribution in [0.3, 0.4) is 0 Å². The number of ether oxygens (including phenoxy) is 1. The average molecular weight is 490 g/mol. The summed E-state index contributed by atoms with van der Waals surface area (Å²) in [5.74, 6) is -0.728. The number of nitrogens with one attached hydrogen (secondary N) is 3. The molecule has 10 nitrogen and oxygen atoms in total. The molecule has 0 spiro atoms. The Hall–Kier alpha value is -3.83. The Morgan fingerprint density at radius 2 is 2.29 bits per heavy atom. The lowest BCUT2D eigenvalue weighted by Crippen LogP contribution is -2.49. The molecule has 1 aromatic carbocycles. The molecule has 3 N–H and O–H groups in total.